The largest absolute Gasteiger partial charge is 0.507 e. The van der Waals surface area contributed by atoms with Crippen LogP contribution >= 0.6 is 0 Å². The van der Waals surface area contributed by atoms with Crippen LogP contribution in [0.3, 0.4) is 0 Å². The highest BCUT2D eigenvalue weighted by Crippen LogP contribution is 2.40. The van der Waals surface area contributed by atoms with E-state index in [-0.39, 0.29) is 17.4 Å². The minimum absolute atomic E-state index is 0.00545. The fourth-order valence-corrected chi connectivity index (χ4v) is 5.14. The molecule has 1 atom stereocenters. The van der Waals surface area contributed by atoms with E-state index in [1.165, 1.54) is 0 Å². The number of aliphatic hydroxyl groups is 1. The number of ether oxygens (including phenoxy) is 3. The topological polar surface area (TPSA) is 88.5 Å². The van der Waals surface area contributed by atoms with E-state index < -0.39 is 17.7 Å². The fraction of sp³-hybridized carbons (Fsp3) is 0.333. The molecule has 8 nitrogen and oxygen atoms in total. The number of aliphatic hydroxyl groups excluding tert-OH is 1. The van der Waals surface area contributed by atoms with Gasteiger partial charge in [-0.1, -0.05) is 42.5 Å². The van der Waals surface area contributed by atoms with Crippen LogP contribution in [0.4, 0.5) is 0 Å². The Hall–Kier alpha value is -4.14. The van der Waals surface area contributed by atoms with Crippen LogP contribution in [0.15, 0.2) is 84.4 Å². The molecule has 2 fully saturated rings. The van der Waals surface area contributed by atoms with Gasteiger partial charge in [-0.15, -0.1) is 0 Å². The lowest BCUT2D eigenvalue weighted by Gasteiger charge is -2.31. The summed E-state index contributed by atoms with van der Waals surface area (Å²) in [4.78, 5) is 30.5. The van der Waals surface area contributed by atoms with E-state index >= 15 is 0 Å². The second-order valence-corrected chi connectivity index (χ2v) is 10.5. The number of carbonyl (C=O) groups is 2. The van der Waals surface area contributed by atoms with E-state index in [0.29, 0.717) is 50.0 Å². The Bertz CT molecular complexity index is 1360. The minimum Gasteiger partial charge on any atom is -0.507 e. The number of morpholine rings is 1. The molecule has 3 aromatic rings. The number of likely N-dealkylation sites (tertiary alicyclic amines) is 1. The Kier molecular flexibility index (Phi) is 9.01. The van der Waals surface area contributed by atoms with Crippen molar-refractivity contribution in [1.82, 2.24) is 9.80 Å². The van der Waals surface area contributed by atoms with Crippen LogP contribution in [-0.2, 0) is 20.9 Å². The average Bonchev–Trinajstić information content (AvgIpc) is 3.25. The molecule has 41 heavy (non-hydrogen) atoms. The van der Waals surface area contributed by atoms with Gasteiger partial charge in [-0.3, -0.25) is 14.5 Å². The Morgan fingerprint density at radius 2 is 1.56 bits per heavy atom. The summed E-state index contributed by atoms with van der Waals surface area (Å²) in [5.41, 5.74) is 2.30. The van der Waals surface area contributed by atoms with Crippen molar-refractivity contribution in [3.8, 4) is 11.5 Å². The molecular formula is C33H36N2O6. The maximum Gasteiger partial charge on any atom is 0.295 e. The zero-order valence-electron chi connectivity index (χ0n) is 23.5. The highest BCUT2D eigenvalue weighted by Gasteiger charge is 2.46. The molecule has 3 aromatic carbocycles. The summed E-state index contributed by atoms with van der Waals surface area (Å²) >= 11 is 0. The van der Waals surface area contributed by atoms with Gasteiger partial charge in [-0.25, -0.2) is 0 Å². The molecule has 2 heterocycles. The van der Waals surface area contributed by atoms with Crippen molar-refractivity contribution in [3.05, 3.63) is 101 Å². The predicted molar refractivity (Wildman–Crippen MR) is 156 cm³/mol. The van der Waals surface area contributed by atoms with Gasteiger partial charge < -0.3 is 24.2 Å². The first-order valence-electron chi connectivity index (χ1n) is 14.0. The van der Waals surface area contributed by atoms with E-state index in [9.17, 15) is 14.7 Å². The first-order valence-corrected chi connectivity index (χ1v) is 14.0. The summed E-state index contributed by atoms with van der Waals surface area (Å²) in [6.07, 6.45) is 0.00545. The van der Waals surface area contributed by atoms with Gasteiger partial charge in [0.25, 0.3) is 11.7 Å². The van der Waals surface area contributed by atoms with Crippen LogP contribution in [-0.4, -0.2) is 72.1 Å². The Balaban J connectivity index is 1.44. The van der Waals surface area contributed by atoms with Crippen molar-refractivity contribution in [2.75, 3.05) is 39.4 Å². The van der Waals surface area contributed by atoms with Gasteiger partial charge in [0.1, 0.15) is 23.9 Å². The lowest BCUT2D eigenvalue weighted by atomic mass is 9.95. The number of ketones is 1. The average molecular weight is 557 g/mol. The normalized spacial score (nSPS) is 19.1. The van der Waals surface area contributed by atoms with Crippen molar-refractivity contribution in [2.45, 2.75) is 32.6 Å². The van der Waals surface area contributed by atoms with E-state index in [4.69, 9.17) is 14.2 Å². The third kappa shape index (κ3) is 6.78. The molecule has 2 aliphatic rings. The SMILES string of the molecule is CC(C)Oc1ccc(/C(O)=C2\C(=O)C(=O)N(CCN3CCOCC3)C2c2ccc(OCc3ccccc3)cc2)cc1. The molecular weight excluding hydrogens is 520 g/mol. The number of hydrogen-bond donors (Lipinski definition) is 1. The van der Waals surface area contributed by atoms with Gasteiger partial charge in [0.15, 0.2) is 0 Å². The summed E-state index contributed by atoms with van der Waals surface area (Å²) < 4.78 is 17.1. The van der Waals surface area contributed by atoms with Gasteiger partial charge >= 0.3 is 0 Å². The molecule has 0 bridgehead atoms. The first-order chi connectivity index (χ1) is 19.9. The van der Waals surface area contributed by atoms with Crippen LogP contribution in [0.25, 0.3) is 5.76 Å². The smallest absolute Gasteiger partial charge is 0.295 e. The molecule has 2 aliphatic heterocycles. The highest BCUT2D eigenvalue weighted by atomic mass is 16.5. The summed E-state index contributed by atoms with van der Waals surface area (Å²) in [7, 11) is 0. The summed E-state index contributed by atoms with van der Waals surface area (Å²) in [6, 6.07) is 23.4. The third-order valence-electron chi connectivity index (χ3n) is 7.24. The molecule has 0 spiro atoms. The van der Waals surface area contributed by atoms with Crippen molar-refractivity contribution in [3.63, 3.8) is 0 Å². The highest BCUT2D eigenvalue weighted by molar-refractivity contribution is 6.46. The molecule has 0 radical (unpaired) electrons. The molecule has 0 aliphatic carbocycles. The van der Waals surface area contributed by atoms with Crippen molar-refractivity contribution < 1.29 is 28.9 Å². The minimum atomic E-state index is -0.731. The van der Waals surface area contributed by atoms with Gasteiger partial charge in [0.05, 0.1) is 30.9 Å². The Labute approximate surface area is 240 Å². The molecule has 5 rings (SSSR count). The van der Waals surface area contributed by atoms with Crippen molar-refractivity contribution in [1.29, 1.82) is 0 Å². The third-order valence-corrected chi connectivity index (χ3v) is 7.24. The van der Waals surface area contributed by atoms with E-state index in [1.807, 2.05) is 68.4 Å². The molecule has 0 aromatic heterocycles. The van der Waals surface area contributed by atoms with Gasteiger partial charge in [-0.05, 0) is 61.4 Å². The Morgan fingerprint density at radius 1 is 0.902 bits per heavy atom. The van der Waals surface area contributed by atoms with Crippen LogP contribution in [0.1, 0.15) is 36.6 Å². The lowest BCUT2D eigenvalue weighted by molar-refractivity contribution is -0.140. The number of benzene rings is 3. The second kappa shape index (κ2) is 13.0. The monoisotopic (exact) mass is 556 g/mol. The number of Topliss-reactive ketones (excluding diaryl/α,β-unsaturated/α-hetero) is 1. The zero-order valence-corrected chi connectivity index (χ0v) is 23.5. The fourth-order valence-electron chi connectivity index (χ4n) is 5.14. The molecule has 214 valence electrons. The van der Waals surface area contributed by atoms with Gasteiger partial charge in [-0.2, -0.15) is 0 Å². The van der Waals surface area contributed by atoms with Gasteiger partial charge in [0.2, 0.25) is 0 Å². The van der Waals surface area contributed by atoms with Crippen LogP contribution in [0.2, 0.25) is 0 Å². The molecule has 8 heteroatoms. The van der Waals surface area contributed by atoms with Crippen LogP contribution in [0, 0.1) is 0 Å². The maximum absolute atomic E-state index is 13.4. The van der Waals surface area contributed by atoms with E-state index in [1.54, 1.807) is 29.2 Å². The molecule has 1 unspecified atom stereocenters. The maximum atomic E-state index is 13.4. The quantitative estimate of drug-likeness (QED) is 0.218. The van der Waals surface area contributed by atoms with Gasteiger partial charge in [0, 0.05) is 31.7 Å². The molecule has 2 saturated heterocycles. The number of amides is 1. The predicted octanol–water partition coefficient (Wildman–Crippen LogP) is 4.81. The molecule has 0 saturated carbocycles. The van der Waals surface area contributed by atoms with Crippen LogP contribution in [0.5, 0.6) is 11.5 Å². The van der Waals surface area contributed by atoms with Crippen molar-refractivity contribution in [2.24, 2.45) is 0 Å². The summed E-state index contributed by atoms with van der Waals surface area (Å²) in [5.74, 6) is -0.188. The van der Waals surface area contributed by atoms with E-state index in [2.05, 4.69) is 4.90 Å². The number of nitrogens with zero attached hydrogens (tertiary/aromatic N) is 2. The molecule has 1 amide bonds. The number of hydrogen-bond acceptors (Lipinski definition) is 7. The summed E-state index contributed by atoms with van der Waals surface area (Å²) in [5, 5.41) is 11.4. The molecule has 1 N–H and O–H groups in total. The van der Waals surface area contributed by atoms with Crippen LogP contribution < -0.4 is 9.47 Å². The Morgan fingerprint density at radius 3 is 2.22 bits per heavy atom. The number of rotatable bonds is 10. The second-order valence-electron chi connectivity index (χ2n) is 10.5. The number of carbonyl (C=O) groups excluding carboxylic acids is 2. The summed E-state index contributed by atoms with van der Waals surface area (Å²) in [6.45, 7) is 8.07. The standard InChI is InChI=1S/C33H36N2O6/c1-23(2)41-28-14-10-26(11-15-28)31(36)29-30(35(33(38)32(29)37)17-16-34-18-20-39-21-19-34)25-8-12-27(13-9-25)40-22-24-6-4-3-5-7-24/h3-15,23,30,36H,16-22H2,1-2H3/b31-29+. The zero-order chi connectivity index (χ0) is 28.8. The van der Waals surface area contributed by atoms with Crippen molar-refractivity contribution >= 4 is 17.4 Å². The first kappa shape index (κ1) is 28.4. The van der Waals surface area contributed by atoms with E-state index in [0.717, 1.165) is 24.2 Å². The lowest BCUT2D eigenvalue weighted by Crippen LogP contribution is -2.42.